The summed E-state index contributed by atoms with van der Waals surface area (Å²) < 4.78 is 5.74. The Balaban J connectivity index is 1.23. The van der Waals surface area contributed by atoms with Gasteiger partial charge in [-0.3, -0.25) is 14.6 Å². The van der Waals surface area contributed by atoms with Crippen molar-refractivity contribution >= 4 is 29.3 Å². The van der Waals surface area contributed by atoms with Gasteiger partial charge in [0, 0.05) is 38.2 Å². The zero-order chi connectivity index (χ0) is 25.5. The second-order valence-corrected chi connectivity index (χ2v) is 10.0. The third kappa shape index (κ3) is 4.22. The molecular formula is C31H29N3O3. The van der Waals surface area contributed by atoms with Gasteiger partial charge in [-0.15, -0.1) is 0 Å². The van der Waals surface area contributed by atoms with Crippen LogP contribution in [0.4, 0.5) is 5.69 Å². The van der Waals surface area contributed by atoms with Gasteiger partial charge in [0.1, 0.15) is 6.04 Å². The number of furan rings is 1. The monoisotopic (exact) mass is 491 g/mol. The largest absolute Gasteiger partial charge is 0.459 e. The van der Waals surface area contributed by atoms with Gasteiger partial charge in [-0.25, -0.2) is 0 Å². The van der Waals surface area contributed by atoms with Crippen molar-refractivity contribution in [2.24, 2.45) is 4.99 Å². The van der Waals surface area contributed by atoms with Crippen molar-refractivity contribution in [2.75, 3.05) is 13.6 Å². The van der Waals surface area contributed by atoms with E-state index in [1.54, 1.807) is 18.2 Å². The molecule has 0 unspecified atom stereocenters. The second kappa shape index (κ2) is 9.36. The maximum atomic E-state index is 13.8. The summed E-state index contributed by atoms with van der Waals surface area (Å²) in [5.74, 6) is -0.0627. The molecule has 1 N–H and O–H groups in total. The number of allylic oxidation sites excluding steroid dienone is 1. The molecular weight excluding hydrogens is 462 g/mol. The Labute approximate surface area is 216 Å². The zero-order valence-electron chi connectivity index (χ0n) is 20.9. The van der Waals surface area contributed by atoms with Crippen molar-refractivity contribution in [2.45, 2.75) is 38.1 Å². The third-order valence-corrected chi connectivity index (χ3v) is 7.69. The van der Waals surface area contributed by atoms with Gasteiger partial charge in [0.05, 0.1) is 12.0 Å². The van der Waals surface area contributed by atoms with E-state index in [2.05, 4.69) is 41.2 Å². The minimum absolute atomic E-state index is 0.157. The van der Waals surface area contributed by atoms with Crippen LogP contribution in [-0.2, 0) is 30.5 Å². The molecule has 3 aromatic rings. The molecule has 1 atom stereocenters. The molecule has 37 heavy (non-hydrogen) atoms. The highest BCUT2D eigenvalue weighted by atomic mass is 16.3. The first-order chi connectivity index (χ1) is 18.0. The van der Waals surface area contributed by atoms with E-state index in [0.29, 0.717) is 25.1 Å². The SMILES string of the molecule is C=C1C=Nc2ccc(CCc3ccoc3C(=O)N3CC4=C(C[C@@H]3C(=O)NC)c3ccccc3C4)cc2C1. The van der Waals surface area contributed by atoms with Crippen LogP contribution in [0.1, 0.15) is 44.8 Å². The average molecular weight is 492 g/mol. The molecule has 3 heterocycles. The molecule has 2 amide bonds. The minimum atomic E-state index is -0.574. The Morgan fingerprint density at radius 1 is 1.11 bits per heavy atom. The van der Waals surface area contributed by atoms with Crippen LogP contribution in [0.25, 0.3) is 5.57 Å². The zero-order valence-corrected chi connectivity index (χ0v) is 20.9. The summed E-state index contributed by atoms with van der Waals surface area (Å²) in [4.78, 5) is 32.9. The quantitative estimate of drug-likeness (QED) is 0.555. The van der Waals surface area contributed by atoms with Crippen molar-refractivity contribution < 1.29 is 14.0 Å². The van der Waals surface area contributed by atoms with Gasteiger partial charge in [0.15, 0.2) is 5.76 Å². The van der Waals surface area contributed by atoms with Gasteiger partial charge in [-0.05, 0) is 70.4 Å². The van der Waals surface area contributed by atoms with Crippen LogP contribution in [0.5, 0.6) is 0 Å². The molecule has 1 aromatic heterocycles. The molecule has 6 nitrogen and oxygen atoms in total. The molecule has 1 aliphatic carbocycles. The van der Waals surface area contributed by atoms with Crippen molar-refractivity contribution in [3.05, 3.63) is 106 Å². The number of rotatable bonds is 5. The number of benzene rings is 2. The van der Waals surface area contributed by atoms with E-state index in [1.165, 1.54) is 33.4 Å². The van der Waals surface area contributed by atoms with Crippen LogP contribution in [0.15, 0.2) is 81.9 Å². The summed E-state index contributed by atoms with van der Waals surface area (Å²) >= 11 is 0. The Morgan fingerprint density at radius 2 is 1.97 bits per heavy atom. The smallest absolute Gasteiger partial charge is 0.290 e. The van der Waals surface area contributed by atoms with Gasteiger partial charge in [-0.2, -0.15) is 0 Å². The molecule has 186 valence electrons. The summed E-state index contributed by atoms with van der Waals surface area (Å²) in [6, 6.07) is 15.9. The molecule has 0 saturated heterocycles. The number of nitrogens with zero attached hydrogens (tertiary/aromatic N) is 2. The third-order valence-electron chi connectivity index (χ3n) is 7.69. The van der Waals surface area contributed by atoms with Gasteiger partial charge in [0.25, 0.3) is 5.91 Å². The summed E-state index contributed by atoms with van der Waals surface area (Å²) in [6.45, 7) is 4.45. The van der Waals surface area contributed by atoms with E-state index >= 15 is 0 Å². The van der Waals surface area contributed by atoms with Crippen LogP contribution < -0.4 is 5.32 Å². The van der Waals surface area contributed by atoms with Gasteiger partial charge < -0.3 is 14.6 Å². The molecule has 0 spiro atoms. The predicted octanol–water partition coefficient (Wildman–Crippen LogP) is 4.85. The first kappa shape index (κ1) is 23.2. The lowest BCUT2D eigenvalue weighted by Gasteiger charge is -2.35. The van der Waals surface area contributed by atoms with E-state index < -0.39 is 6.04 Å². The highest BCUT2D eigenvalue weighted by molar-refractivity contribution is 5.99. The highest BCUT2D eigenvalue weighted by Gasteiger charge is 2.39. The maximum absolute atomic E-state index is 13.8. The second-order valence-electron chi connectivity index (χ2n) is 10.0. The van der Waals surface area contributed by atoms with Gasteiger partial charge in [0.2, 0.25) is 5.91 Å². The van der Waals surface area contributed by atoms with Crippen LogP contribution in [0.3, 0.4) is 0 Å². The number of amides is 2. The van der Waals surface area contributed by atoms with Crippen LogP contribution in [-0.4, -0.2) is 42.6 Å². The van der Waals surface area contributed by atoms with Crippen molar-refractivity contribution in [1.82, 2.24) is 10.2 Å². The van der Waals surface area contributed by atoms with E-state index in [1.807, 2.05) is 30.5 Å². The van der Waals surface area contributed by atoms with E-state index in [-0.39, 0.29) is 11.8 Å². The van der Waals surface area contributed by atoms with Crippen LogP contribution in [0.2, 0.25) is 0 Å². The van der Waals surface area contributed by atoms with Gasteiger partial charge in [-0.1, -0.05) is 43.0 Å². The fourth-order valence-electron chi connectivity index (χ4n) is 5.78. The Bertz CT molecular complexity index is 1490. The number of aliphatic imine (C=N–C) groups is 1. The Kier molecular flexibility index (Phi) is 5.87. The van der Waals surface area contributed by atoms with Crippen LogP contribution in [0, 0.1) is 0 Å². The van der Waals surface area contributed by atoms with E-state index in [9.17, 15) is 9.59 Å². The summed E-state index contributed by atoms with van der Waals surface area (Å²) in [5, 5.41) is 2.76. The van der Waals surface area contributed by atoms with Gasteiger partial charge >= 0.3 is 0 Å². The number of carbonyl (C=O) groups is 2. The lowest BCUT2D eigenvalue weighted by atomic mass is 9.92. The van der Waals surface area contributed by atoms with E-state index in [0.717, 1.165) is 36.1 Å². The normalized spacial score (nSPS) is 17.9. The lowest BCUT2D eigenvalue weighted by molar-refractivity contribution is -0.125. The fraction of sp³-hybridized carbons (Fsp3) is 0.258. The number of aryl methyl sites for hydroxylation is 2. The molecule has 0 saturated carbocycles. The molecule has 2 aliphatic heterocycles. The fourth-order valence-corrected chi connectivity index (χ4v) is 5.78. The highest BCUT2D eigenvalue weighted by Crippen LogP contribution is 2.40. The molecule has 2 aromatic carbocycles. The number of nitrogens with one attached hydrogen (secondary N) is 1. The first-order valence-electron chi connectivity index (χ1n) is 12.7. The molecule has 6 heteroatoms. The maximum Gasteiger partial charge on any atom is 0.290 e. The van der Waals surface area contributed by atoms with E-state index in [4.69, 9.17) is 4.42 Å². The molecule has 0 bridgehead atoms. The average Bonchev–Trinajstić information content (AvgIpc) is 3.54. The summed E-state index contributed by atoms with van der Waals surface area (Å²) in [5.41, 5.74) is 10.1. The summed E-state index contributed by atoms with van der Waals surface area (Å²) in [6.07, 6.45) is 6.96. The summed E-state index contributed by atoms with van der Waals surface area (Å²) in [7, 11) is 1.62. The number of carbonyl (C=O) groups excluding carboxylic acids is 2. The number of hydrogen-bond donors (Lipinski definition) is 1. The Morgan fingerprint density at radius 3 is 2.84 bits per heavy atom. The standard InChI is InChI=1S/C31H29N3O3/c1-19-13-23-14-20(8-10-27(23)33-17-19)7-9-21-11-12-37-29(21)31(36)34-18-24-15-22-5-3-4-6-25(22)26(24)16-28(34)30(35)32-2/h3-6,8,10-12,14,17,28H,1,7,9,13,15-16,18H2,2H3,(H,32,35)/t28-/m1/s1. The number of likely N-dealkylation sites (N-methyl/N-ethyl adjacent to an activating group) is 1. The van der Waals surface area contributed by atoms with Crippen molar-refractivity contribution in [3.8, 4) is 0 Å². The molecule has 0 fully saturated rings. The number of fused-ring (bicyclic) bond motifs is 3. The Hall–Kier alpha value is -4.19. The lowest BCUT2D eigenvalue weighted by Crippen LogP contribution is -2.51. The topological polar surface area (TPSA) is 74.9 Å². The number of hydrogen-bond acceptors (Lipinski definition) is 4. The minimum Gasteiger partial charge on any atom is -0.459 e. The molecule has 6 rings (SSSR count). The predicted molar refractivity (Wildman–Crippen MR) is 144 cm³/mol. The molecule has 0 radical (unpaired) electrons. The van der Waals surface area contributed by atoms with Crippen LogP contribution >= 0.6 is 0 Å². The van der Waals surface area contributed by atoms with Crippen molar-refractivity contribution in [3.63, 3.8) is 0 Å². The molecule has 3 aliphatic rings. The van der Waals surface area contributed by atoms with Crippen molar-refractivity contribution in [1.29, 1.82) is 0 Å². The first-order valence-corrected chi connectivity index (χ1v) is 12.7.